The molecule has 0 saturated carbocycles. The molecule has 1 heterocycles. The Kier molecular flexibility index (Phi) is 5.71. The fourth-order valence-electron chi connectivity index (χ4n) is 1.99. The molecule has 0 spiro atoms. The third kappa shape index (κ3) is 4.91. The maximum absolute atomic E-state index is 8.67. The van der Waals surface area contributed by atoms with Gasteiger partial charge in [0.25, 0.3) is 0 Å². The molecule has 1 aliphatic heterocycles. The van der Waals surface area contributed by atoms with Gasteiger partial charge in [0.15, 0.2) is 0 Å². The van der Waals surface area contributed by atoms with Crippen molar-refractivity contribution in [3.8, 4) is 0 Å². The number of amidine groups is 1. The summed E-state index contributed by atoms with van der Waals surface area (Å²) in [6.07, 6.45) is 3.20. The number of hydrogen-bond donors (Lipinski definition) is 2. The normalized spacial score (nSPS) is 19.5. The number of rotatable bonds is 6. The number of hydrogen-bond acceptors (Lipinski definition) is 4. The van der Waals surface area contributed by atoms with Crippen molar-refractivity contribution in [1.29, 1.82) is 0 Å². The van der Waals surface area contributed by atoms with Crippen LogP contribution in [0.2, 0.25) is 0 Å². The number of nitrogens with two attached hydrogens (primary N) is 1. The fourth-order valence-corrected chi connectivity index (χ4v) is 1.99. The Balaban J connectivity index is 2.14. The van der Waals surface area contributed by atoms with Crippen LogP contribution in [0.1, 0.15) is 33.1 Å². The minimum atomic E-state index is -0.209. The lowest BCUT2D eigenvalue weighted by Crippen LogP contribution is -2.37. The van der Waals surface area contributed by atoms with Gasteiger partial charge in [-0.15, -0.1) is 0 Å². The van der Waals surface area contributed by atoms with Gasteiger partial charge < -0.3 is 15.7 Å². The first-order valence-corrected chi connectivity index (χ1v) is 6.34. The van der Waals surface area contributed by atoms with Crippen LogP contribution in [0.3, 0.4) is 0 Å². The van der Waals surface area contributed by atoms with E-state index in [1.807, 2.05) is 13.8 Å². The van der Waals surface area contributed by atoms with Gasteiger partial charge in [-0.05, 0) is 19.4 Å². The van der Waals surface area contributed by atoms with Crippen LogP contribution >= 0.6 is 0 Å². The van der Waals surface area contributed by atoms with E-state index in [0.29, 0.717) is 5.84 Å². The summed E-state index contributed by atoms with van der Waals surface area (Å²) in [6.45, 7) is 8.95. The second-order valence-corrected chi connectivity index (χ2v) is 5.28. The van der Waals surface area contributed by atoms with Crippen molar-refractivity contribution in [2.24, 2.45) is 16.3 Å². The summed E-state index contributed by atoms with van der Waals surface area (Å²) < 4.78 is 5.30. The zero-order valence-corrected chi connectivity index (χ0v) is 11.0. The van der Waals surface area contributed by atoms with Gasteiger partial charge in [-0.1, -0.05) is 25.4 Å². The standard InChI is InChI=1S/C12H25N3O2/c1-12(2,11(13)14-16)5-3-4-6-15-7-9-17-10-8-15/h16H,3-10H2,1-2H3,(H2,13,14). The van der Waals surface area contributed by atoms with E-state index in [1.165, 1.54) is 0 Å². The molecule has 3 N–H and O–H groups in total. The number of morpholine rings is 1. The highest BCUT2D eigenvalue weighted by Gasteiger charge is 2.22. The van der Waals surface area contributed by atoms with Crippen LogP contribution < -0.4 is 5.73 Å². The molecule has 0 aromatic heterocycles. The molecule has 0 aromatic rings. The van der Waals surface area contributed by atoms with Gasteiger partial charge in [0, 0.05) is 18.5 Å². The molecular formula is C12H25N3O2. The molecule has 100 valence electrons. The molecule has 0 atom stereocenters. The molecule has 0 unspecified atom stereocenters. The molecule has 0 bridgehead atoms. The molecule has 1 saturated heterocycles. The number of unbranched alkanes of at least 4 members (excludes halogenated alkanes) is 1. The van der Waals surface area contributed by atoms with Gasteiger partial charge in [0.05, 0.1) is 13.2 Å². The van der Waals surface area contributed by atoms with Gasteiger partial charge in [-0.3, -0.25) is 4.90 Å². The molecule has 1 rings (SSSR count). The molecule has 1 fully saturated rings. The van der Waals surface area contributed by atoms with Crippen LogP contribution in [0.15, 0.2) is 5.16 Å². The monoisotopic (exact) mass is 243 g/mol. The Morgan fingerprint density at radius 1 is 1.35 bits per heavy atom. The molecule has 0 amide bonds. The Labute approximate surface area is 104 Å². The van der Waals surface area contributed by atoms with E-state index in [4.69, 9.17) is 15.7 Å². The average Bonchev–Trinajstić information content (AvgIpc) is 2.35. The third-order valence-corrected chi connectivity index (χ3v) is 3.43. The molecule has 0 aliphatic carbocycles. The maximum atomic E-state index is 8.67. The van der Waals surface area contributed by atoms with Crippen molar-refractivity contribution in [3.05, 3.63) is 0 Å². The zero-order valence-electron chi connectivity index (χ0n) is 11.0. The highest BCUT2D eigenvalue weighted by molar-refractivity contribution is 5.85. The average molecular weight is 243 g/mol. The molecule has 17 heavy (non-hydrogen) atoms. The molecule has 0 aromatic carbocycles. The van der Waals surface area contributed by atoms with Crippen molar-refractivity contribution >= 4 is 5.84 Å². The van der Waals surface area contributed by atoms with E-state index in [2.05, 4.69) is 10.1 Å². The van der Waals surface area contributed by atoms with Gasteiger partial charge in [-0.25, -0.2) is 0 Å². The van der Waals surface area contributed by atoms with Crippen LogP contribution in [-0.4, -0.2) is 48.8 Å². The smallest absolute Gasteiger partial charge is 0.144 e. The number of ether oxygens (including phenoxy) is 1. The number of oxime groups is 1. The van der Waals surface area contributed by atoms with E-state index in [-0.39, 0.29) is 5.41 Å². The van der Waals surface area contributed by atoms with E-state index >= 15 is 0 Å². The minimum Gasteiger partial charge on any atom is -0.409 e. The lowest BCUT2D eigenvalue weighted by atomic mass is 9.86. The second-order valence-electron chi connectivity index (χ2n) is 5.28. The first kappa shape index (κ1) is 14.3. The van der Waals surface area contributed by atoms with Crippen molar-refractivity contribution < 1.29 is 9.94 Å². The predicted molar refractivity (Wildman–Crippen MR) is 68.3 cm³/mol. The predicted octanol–water partition coefficient (Wildman–Crippen LogP) is 1.26. The molecule has 5 heteroatoms. The third-order valence-electron chi connectivity index (χ3n) is 3.43. The van der Waals surface area contributed by atoms with Crippen LogP contribution in [0, 0.1) is 5.41 Å². The van der Waals surface area contributed by atoms with Gasteiger partial charge in [0.2, 0.25) is 0 Å². The lowest BCUT2D eigenvalue weighted by molar-refractivity contribution is 0.0369. The summed E-state index contributed by atoms with van der Waals surface area (Å²) in [7, 11) is 0. The largest absolute Gasteiger partial charge is 0.409 e. The van der Waals surface area contributed by atoms with Gasteiger partial charge in [-0.2, -0.15) is 0 Å². The Hall–Kier alpha value is -0.810. The summed E-state index contributed by atoms with van der Waals surface area (Å²) in [5.41, 5.74) is 5.44. The van der Waals surface area contributed by atoms with E-state index in [1.54, 1.807) is 0 Å². The zero-order chi connectivity index (χ0) is 12.7. The van der Waals surface area contributed by atoms with Crippen LogP contribution in [0.5, 0.6) is 0 Å². The topological polar surface area (TPSA) is 71.1 Å². The summed E-state index contributed by atoms with van der Waals surface area (Å²) in [5.74, 6) is 0.323. The SMILES string of the molecule is CC(C)(CCCCN1CCOCC1)C(N)=NO. The molecule has 5 nitrogen and oxygen atoms in total. The van der Waals surface area contributed by atoms with Crippen LogP contribution in [0.4, 0.5) is 0 Å². The van der Waals surface area contributed by atoms with Gasteiger partial charge >= 0.3 is 0 Å². The first-order valence-electron chi connectivity index (χ1n) is 6.34. The molecular weight excluding hydrogens is 218 g/mol. The van der Waals surface area contributed by atoms with E-state index in [9.17, 15) is 0 Å². The summed E-state index contributed by atoms with van der Waals surface area (Å²) in [4.78, 5) is 2.43. The van der Waals surface area contributed by atoms with Crippen LogP contribution in [0.25, 0.3) is 0 Å². The quantitative estimate of drug-likeness (QED) is 0.242. The Morgan fingerprint density at radius 3 is 2.59 bits per heavy atom. The molecule has 0 radical (unpaired) electrons. The summed E-state index contributed by atoms with van der Waals surface area (Å²) in [5, 5.41) is 11.8. The fraction of sp³-hybridized carbons (Fsp3) is 0.917. The lowest BCUT2D eigenvalue weighted by Gasteiger charge is -2.27. The Bertz CT molecular complexity index is 248. The van der Waals surface area contributed by atoms with E-state index < -0.39 is 0 Å². The Morgan fingerprint density at radius 2 is 2.00 bits per heavy atom. The second kappa shape index (κ2) is 6.81. The minimum absolute atomic E-state index is 0.209. The number of nitrogens with zero attached hydrogens (tertiary/aromatic N) is 2. The first-order chi connectivity index (χ1) is 8.06. The van der Waals surface area contributed by atoms with Crippen LogP contribution in [-0.2, 0) is 4.74 Å². The van der Waals surface area contributed by atoms with Crippen molar-refractivity contribution in [2.75, 3.05) is 32.8 Å². The van der Waals surface area contributed by atoms with Gasteiger partial charge in [0.1, 0.15) is 5.84 Å². The van der Waals surface area contributed by atoms with Crippen molar-refractivity contribution in [1.82, 2.24) is 4.90 Å². The van der Waals surface area contributed by atoms with E-state index in [0.717, 1.165) is 52.1 Å². The highest BCUT2D eigenvalue weighted by Crippen LogP contribution is 2.23. The highest BCUT2D eigenvalue weighted by atomic mass is 16.5. The van der Waals surface area contributed by atoms with Crippen molar-refractivity contribution in [3.63, 3.8) is 0 Å². The maximum Gasteiger partial charge on any atom is 0.144 e. The summed E-state index contributed by atoms with van der Waals surface area (Å²) >= 11 is 0. The summed E-state index contributed by atoms with van der Waals surface area (Å²) in [6, 6.07) is 0. The molecule has 1 aliphatic rings. The van der Waals surface area contributed by atoms with Crippen molar-refractivity contribution in [2.45, 2.75) is 33.1 Å².